The molecule has 60 valence electrons. The van der Waals surface area contributed by atoms with Crippen LogP contribution in [-0.4, -0.2) is 15.0 Å². The normalized spacial score (nSPS) is 10.4. The van der Waals surface area contributed by atoms with Gasteiger partial charge in [-0.2, -0.15) is 0 Å². The van der Waals surface area contributed by atoms with E-state index in [9.17, 15) is 4.79 Å². The third kappa shape index (κ3) is 0.972. The van der Waals surface area contributed by atoms with Crippen molar-refractivity contribution >= 4 is 11.0 Å². The summed E-state index contributed by atoms with van der Waals surface area (Å²) < 4.78 is 0. The summed E-state index contributed by atoms with van der Waals surface area (Å²) in [5, 5.41) is 0.539. The molecule has 0 amide bonds. The Morgan fingerprint density at radius 3 is 3.08 bits per heavy atom. The van der Waals surface area contributed by atoms with Gasteiger partial charge in [-0.3, -0.25) is 4.79 Å². The first-order valence-corrected chi connectivity index (χ1v) is 3.57. The molecule has 0 saturated heterocycles. The minimum Gasteiger partial charge on any atom is -0.313 e. The van der Waals surface area contributed by atoms with Gasteiger partial charge in [0.05, 0.1) is 11.7 Å². The Balaban J connectivity index is 2.98. The number of aromatic nitrogens is 3. The maximum atomic E-state index is 11.2. The summed E-state index contributed by atoms with van der Waals surface area (Å²) in [5.41, 5.74) is 1.31. The van der Waals surface area contributed by atoms with Gasteiger partial charge in [-0.05, 0) is 18.6 Å². The molecule has 2 heterocycles. The molecule has 0 aliphatic rings. The van der Waals surface area contributed by atoms with E-state index in [1.54, 1.807) is 12.3 Å². The van der Waals surface area contributed by atoms with E-state index in [1.165, 1.54) is 6.33 Å². The average Bonchev–Trinajstić information content (AvgIpc) is 2.07. The number of aryl methyl sites for hydroxylation is 1. The van der Waals surface area contributed by atoms with E-state index < -0.39 is 0 Å². The van der Waals surface area contributed by atoms with Gasteiger partial charge in [-0.1, -0.05) is 0 Å². The quantitative estimate of drug-likeness (QED) is 0.616. The Morgan fingerprint density at radius 1 is 1.42 bits per heavy atom. The van der Waals surface area contributed by atoms with E-state index in [0.29, 0.717) is 11.0 Å². The molecule has 2 rings (SSSR count). The van der Waals surface area contributed by atoms with E-state index in [-0.39, 0.29) is 5.56 Å². The van der Waals surface area contributed by atoms with Crippen molar-refractivity contribution in [2.75, 3.05) is 0 Å². The van der Waals surface area contributed by atoms with Crippen LogP contribution in [-0.2, 0) is 0 Å². The SMILES string of the molecule is Cc1cnc2nc[nH]c(=O)c2c1. The van der Waals surface area contributed by atoms with Gasteiger partial charge in [0.15, 0.2) is 5.65 Å². The van der Waals surface area contributed by atoms with Crippen molar-refractivity contribution in [2.24, 2.45) is 0 Å². The van der Waals surface area contributed by atoms with Crippen molar-refractivity contribution in [3.63, 3.8) is 0 Å². The molecule has 0 fully saturated rings. The highest BCUT2D eigenvalue weighted by Gasteiger charge is 1.98. The lowest BCUT2D eigenvalue weighted by atomic mass is 10.2. The van der Waals surface area contributed by atoms with Gasteiger partial charge in [0.25, 0.3) is 5.56 Å². The van der Waals surface area contributed by atoms with Crippen molar-refractivity contribution in [3.05, 3.63) is 34.5 Å². The number of H-pyrrole nitrogens is 1. The van der Waals surface area contributed by atoms with Gasteiger partial charge in [0, 0.05) is 6.20 Å². The van der Waals surface area contributed by atoms with Gasteiger partial charge in [0.1, 0.15) is 0 Å². The number of fused-ring (bicyclic) bond motifs is 1. The van der Waals surface area contributed by atoms with Crippen molar-refractivity contribution in [1.82, 2.24) is 15.0 Å². The predicted molar refractivity (Wildman–Crippen MR) is 44.9 cm³/mol. The Labute approximate surface area is 68.3 Å². The molecule has 2 aromatic heterocycles. The van der Waals surface area contributed by atoms with Gasteiger partial charge in [0.2, 0.25) is 0 Å². The van der Waals surface area contributed by atoms with Crippen LogP contribution >= 0.6 is 0 Å². The molecule has 0 spiro atoms. The summed E-state index contributed by atoms with van der Waals surface area (Å²) in [5.74, 6) is 0. The van der Waals surface area contributed by atoms with Crippen molar-refractivity contribution in [2.45, 2.75) is 6.92 Å². The summed E-state index contributed by atoms with van der Waals surface area (Å²) in [4.78, 5) is 21.6. The molecule has 0 atom stereocenters. The fourth-order valence-electron chi connectivity index (χ4n) is 1.06. The number of nitrogens with one attached hydrogen (secondary N) is 1. The van der Waals surface area contributed by atoms with Crippen molar-refractivity contribution in [3.8, 4) is 0 Å². The maximum Gasteiger partial charge on any atom is 0.260 e. The molecule has 1 N–H and O–H groups in total. The summed E-state index contributed by atoms with van der Waals surface area (Å²) in [6.45, 7) is 1.89. The Kier molecular flexibility index (Phi) is 1.40. The van der Waals surface area contributed by atoms with Gasteiger partial charge < -0.3 is 4.98 Å². The number of pyridine rings is 1. The van der Waals surface area contributed by atoms with Crippen molar-refractivity contribution < 1.29 is 0 Å². The standard InChI is InChI=1S/C8H7N3O/c1-5-2-6-7(9-3-5)10-4-11-8(6)12/h2-4H,1H3,(H,9,10,11,12). The lowest BCUT2D eigenvalue weighted by Gasteiger charge is -1.94. The maximum absolute atomic E-state index is 11.2. The van der Waals surface area contributed by atoms with Crippen LogP contribution in [0.3, 0.4) is 0 Å². The van der Waals surface area contributed by atoms with Crippen molar-refractivity contribution in [1.29, 1.82) is 0 Å². The monoisotopic (exact) mass is 161 g/mol. The molecule has 0 radical (unpaired) electrons. The molecule has 0 saturated carbocycles. The third-order valence-corrected chi connectivity index (χ3v) is 1.63. The van der Waals surface area contributed by atoms with Crippen LogP contribution in [0.1, 0.15) is 5.56 Å². The molecule has 0 aliphatic heterocycles. The highest BCUT2D eigenvalue weighted by molar-refractivity contribution is 5.73. The van der Waals surface area contributed by atoms with E-state index in [2.05, 4.69) is 15.0 Å². The lowest BCUT2D eigenvalue weighted by Crippen LogP contribution is -2.07. The fourth-order valence-corrected chi connectivity index (χ4v) is 1.06. The average molecular weight is 161 g/mol. The van der Waals surface area contributed by atoms with Crippen LogP contribution in [0.2, 0.25) is 0 Å². The zero-order valence-electron chi connectivity index (χ0n) is 6.53. The van der Waals surface area contributed by atoms with Gasteiger partial charge >= 0.3 is 0 Å². The summed E-state index contributed by atoms with van der Waals surface area (Å²) in [6.07, 6.45) is 3.04. The minimum atomic E-state index is -0.142. The summed E-state index contributed by atoms with van der Waals surface area (Å²) >= 11 is 0. The minimum absolute atomic E-state index is 0.142. The van der Waals surface area contributed by atoms with Crippen LogP contribution in [0.25, 0.3) is 11.0 Å². The predicted octanol–water partition coefficient (Wildman–Crippen LogP) is 0.627. The molecule has 4 heteroatoms. The molecule has 12 heavy (non-hydrogen) atoms. The molecular formula is C8H7N3O. The van der Waals surface area contributed by atoms with Gasteiger partial charge in [-0.25, -0.2) is 9.97 Å². The van der Waals surface area contributed by atoms with Crippen LogP contribution in [0.15, 0.2) is 23.4 Å². The first-order chi connectivity index (χ1) is 5.77. The lowest BCUT2D eigenvalue weighted by molar-refractivity contribution is 1.13. The topological polar surface area (TPSA) is 58.6 Å². The number of hydrogen-bond acceptors (Lipinski definition) is 3. The van der Waals surface area contributed by atoms with Crippen LogP contribution in [0.5, 0.6) is 0 Å². The van der Waals surface area contributed by atoms with E-state index in [4.69, 9.17) is 0 Å². The second-order valence-corrected chi connectivity index (χ2v) is 2.62. The Morgan fingerprint density at radius 2 is 2.25 bits per heavy atom. The molecular weight excluding hydrogens is 154 g/mol. The van der Waals surface area contributed by atoms with E-state index >= 15 is 0 Å². The summed E-state index contributed by atoms with van der Waals surface area (Å²) in [6, 6.07) is 1.77. The first kappa shape index (κ1) is 6.97. The third-order valence-electron chi connectivity index (χ3n) is 1.63. The first-order valence-electron chi connectivity index (χ1n) is 3.57. The fraction of sp³-hybridized carbons (Fsp3) is 0.125. The van der Waals surface area contributed by atoms with Crippen LogP contribution in [0, 0.1) is 6.92 Å². The molecule has 0 aromatic carbocycles. The van der Waals surface area contributed by atoms with Gasteiger partial charge in [-0.15, -0.1) is 0 Å². The van der Waals surface area contributed by atoms with E-state index in [0.717, 1.165) is 5.56 Å². The number of rotatable bonds is 0. The Hall–Kier alpha value is -1.71. The zero-order chi connectivity index (χ0) is 8.55. The number of hydrogen-bond donors (Lipinski definition) is 1. The second kappa shape index (κ2) is 2.41. The van der Waals surface area contributed by atoms with E-state index in [1.807, 2.05) is 6.92 Å². The second-order valence-electron chi connectivity index (χ2n) is 2.62. The molecule has 0 bridgehead atoms. The smallest absolute Gasteiger partial charge is 0.260 e. The highest BCUT2D eigenvalue weighted by atomic mass is 16.1. The summed E-state index contributed by atoms with van der Waals surface area (Å²) in [7, 11) is 0. The Bertz CT molecular complexity index is 475. The highest BCUT2D eigenvalue weighted by Crippen LogP contribution is 2.03. The molecule has 2 aromatic rings. The molecule has 0 aliphatic carbocycles. The number of nitrogens with zero attached hydrogens (tertiary/aromatic N) is 2. The number of aromatic amines is 1. The zero-order valence-corrected chi connectivity index (χ0v) is 6.53. The molecule has 0 unspecified atom stereocenters. The molecule has 4 nitrogen and oxygen atoms in total. The largest absolute Gasteiger partial charge is 0.313 e. The van der Waals surface area contributed by atoms with Crippen LogP contribution < -0.4 is 5.56 Å². The van der Waals surface area contributed by atoms with Crippen LogP contribution in [0.4, 0.5) is 0 Å².